The summed E-state index contributed by atoms with van der Waals surface area (Å²) in [6, 6.07) is 7.49. The Hall–Kier alpha value is -1.71. The molecule has 1 aromatic rings. The Morgan fingerprint density at radius 2 is 1.96 bits per heavy atom. The van der Waals surface area contributed by atoms with E-state index >= 15 is 0 Å². The highest BCUT2D eigenvalue weighted by Gasteiger charge is 2.17. The number of carbonyl (C=O) groups is 1. The Kier molecular flexibility index (Phi) is 10.8. The molecule has 146 valence electrons. The summed E-state index contributed by atoms with van der Waals surface area (Å²) < 4.78 is 10.9. The zero-order valence-corrected chi connectivity index (χ0v) is 17.8. The molecule has 0 saturated carbocycles. The first-order chi connectivity index (χ1) is 12.2. The van der Waals surface area contributed by atoms with Crippen LogP contribution < -0.4 is 20.1 Å². The lowest BCUT2D eigenvalue weighted by molar-refractivity contribution is -0.128. The van der Waals surface area contributed by atoms with Gasteiger partial charge < -0.3 is 25.0 Å². The first-order valence-corrected chi connectivity index (χ1v) is 8.79. The molecular weight excluding hydrogens is 447 g/mol. The van der Waals surface area contributed by atoms with Gasteiger partial charge in [0.15, 0.2) is 5.96 Å². The summed E-state index contributed by atoms with van der Waals surface area (Å²) in [5.41, 5.74) is 0. The quantitative estimate of drug-likeness (QED) is 0.260. The third kappa shape index (κ3) is 7.67. The average Bonchev–Trinajstić information content (AvgIpc) is 3.18. The summed E-state index contributed by atoms with van der Waals surface area (Å²) in [6.45, 7) is 5.68. The molecule has 1 fully saturated rings. The fourth-order valence-corrected chi connectivity index (χ4v) is 2.58. The fourth-order valence-electron chi connectivity index (χ4n) is 2.58. The van der Waals surface area contributed by atoms with Gasteiger partial charge in [-0.25, -0.2) is 4.99 Å². The molecule has 7 nitrogen and oxygen atoms in total. The second kappa shape index (κ2) is 12.6. The van der Waals surface area contributed by atoms with Crippen molar-refractivity contribution in [1.29, 1.82) is 0 Å². The summed E-state index contributed by atoms with van der Waals surface area (Å²) >= 11 is 0. The molecule has 2 rings (SSSR count). The van der Waals surface area contributed by atoms with Crippen LogP contribution in [0, 0.1) is 0 Å². The van der Waals surface area contributed by atoms with Crippen LogP contribution in [-0.4, -0.2) is 63.2 Å². The van der Waals surface area contributed by atoms with Crippen LogP contribution in [0.2, 0.25) is 0 Å². The second-order valence-electron chi connectivity index (χ2n) is 5.74. The first kappa shape index (κ1) is 22.3. The maximum atomic E-state index is 12.1. The number of guanidine groups is 1. The van der Waals surface area contributed by atoms with E-state index in [1.165, 1.54) is 0 Å². The van der Waals surface area contributed by atoms with Crippen LogP contribution in [0.3, 0.4) is 0 Å². The van der Waals surface area contributed by atoms with E-state index in [4.69, 9.17) is 9.47 Å². The van der Waals surface area contributed by atoms with Gasteiger partial charge in [-0.05, 0) is 31.9 Å². The molecule has 0 atom stereocenters. The molecule has 1 aliphatic heterocycles. The van der Waals surface area contributed by atoms with Crippen LogP contribution in [0.1, 0.15) is 19.8 Å². The number of amides is 1. The standard InChI is InChI=1S/C18H28N4O3.HI/c1-3-19-18(21-14-17(23)22-10-4-5-11-22)20-9-12-25-16-8-6-7-15(13-16)24-2;/h6-8,13H,3-5,9-12,14H2,1-2H3,(H2,19,20,21);1H. The number of ether oxygens (including phenoxy) is 2. The number of rotatable bonds is 8. The lowest BCUT2D eigenvalue weighted by atomic mass is 10.3. The van der Waals surface area contributed by atoms with E-state index in [1.807, 2.05) is 36.1 Å². The predicted molar refractivity (Wildman–Crippen MR) is 114 cm³/mol. The van der Waals surface area contributed by atoms with Gasteiger partial charge in [0, 0.05) is 25.7 Å². The highest BCUT2D eigenvalue weighted by atomic mass is 127. The van der Waals surface area contributed by atoms with E-state index in [-0.39, 0.29) is 36.4 Å². The Labute approximate surface area is 172 Å². The Balaban J connectivity index is 0.00000338. The van der Waals surface area contributed by atoms with Crippen LogP contribution in [-0.2, 0) is 4.79 Å². The van der Waals surface area contributed by atoms with Crippen molar-refractivity contribution in [2.45, 2.75) is 19.8 Å². The topological polar surface area (TPSA) is 75.2 Å². The molecule has 0 aliphatic carbocycles. The van der Waals surface area contributed by atoms with Gasteiger partial charge in [0.05, 0.1) is 13.7 Å². The third-order valence-corrected chi connectivity index (χ3v) is 3.88. The minimum atomic E-state index is 0. The zero-order valence-electron chi connectivity index (χ0n) is 15.5. The van der Waals surface area contributed by atoms with Gasteiger partial charge >= 0.3 is 0 Å². The molecule has 0 bridgehead atoms. The van der Waals surface area contributed by atoms with Crippen molar-refractivity contribution in [2.24, 2.45) is 4.99 Å². The molecule has 0 aromatic heterocycles. The average molecular weight is 476 g/mol. The van der Waals surface area contributed by atoms with Gasteiger partial charge in [-0.2, -0.15) is 0 Å². The smallest absolute Gasteiger partial charge is 0.244 e. The van der Waals surface area contributed by atoms with Gasteiger partial charge in [0.1, 0.15) is 24.7 Å². The highest BCUT2D eigenvalue weighted by Crippen LogP contribution is 2.18. The number of hydrogen-bond acceptors (Lipinski definition) is 4. The molecule has 1 aromatic carbocycles. The van der Waals surface area contributed by atoms with Crippen molar-refractivity contribution in [3.05, 3.63) is 24.3 Å². The summed E-state index contributed by atoms with van der Waals surface area (Å²) in [7, 11) is 1.63. The number of halogens is 1. The monoisotopic (exact) mass is 476 g/mol. The summed E-state index contributed by atoms with van der Waals surface area (Å²) in [4.78, 5) is 18.3. The predicted octanol–water partition coefficient (Wildman–Crippen LogP) is 1.87. The van der Waals surface area contributed by atoms with E-state index in [0.717, 1.165) is 44.0 Å². The van der Waals surface area contributed by atoms with Crippen molar-refractivity contribution >= 4 is 35.8 Å². The maximum absolute atomic E-state index is 12.1. The van der Waals surface area contributed by atoms with E-state index in [2.05, 4.69) is 15.6 Å². The number of methoxy groups -OCH3 is 1. The molecule has 1 heterocycles. The van der Waals surface area contributed by atoms with Crippen LogP contribution in [0.15, 0.2) is 29.3 Å². The van der Waals surface area contributed by atoms with Crippen molar-refractivity contribution in [2.75, 3.05) is 46.4 Å². The maximum Gasteiger partial charge on any atom is 0.244 e. The van der Waals surface area contributed by atoms with Crippen molar-refractivity contribution in [3.63, 3.8) is 0 Å². The van der Waals surface area contributed by atoms with E-state index in [1.54, 1.807) is 7.11 Å². The Morgan fingerprint density at radius 3 is 2.65 bits per heavy atom. The van der Waals surface area contributed by atoms with Crippen LogP contribution >= 0.6 is 24.0 Å². The SMILES string of the molecule is CCNC(=NCC(=O)N1CCCC1)NCCOc1cccc(OC)c1.I. The number of hydrogen-bond donors (Lipinski definition) is 2. The molecule has 0 unspecified atom stereocenters. The summed E-state index contributed by atoms with van der Waals surface area (Å²) in [6.07, 6.45) is 2.19. The number of aliphatic imine (C=N–C) groups is 1. The summed E-state index contributed by atoms with van der Waals surface area (Å²) in [5.74, 6) is 2.24. The van der Waals surface area contributed by atoms with Crippen LogP contribution in [0.25, 0.3) is 0 Å². The number of nitrogens with one attached hydrogen (secondary N) is 2. The molecule has 0 spiro atoms. The van der Waals surface area contributed by atoms with E-state index in [9.17, 15) is 4.79 Å². The second-order valence-corrected chi connectivity index (χ2v) is 5.74. The van der Waals surface area contributed by atoms with Crippen molar-refractivity contribution in [3.8, 4) is 11.5 Å². The lowest BCUT2D eigenvalue weighted by Crippen LogP contribution is -2.40. The number of benzene rings is 1. The Bertz CT molecular complexity index is 577. The fraction of sp³-hybridized carbons (Fsp3) is 0.556. The molecule has 1 saturated heterocycles. The van der Waals surface area contributed by atoms with E-state index < -0.39 is 0 Å². The van der Waals surface area contributed by atoms with Crippen molar-refractivity contribution < 1.29 is 14.3 Å². The minimum absolute atomic E-state index is 0. The number of likely N-dealkylation sites (tertiary alicyclic amines) is 1. The molecule has 1 amide bonds. The number of carbonyl (C=O) groups excluding carboxylic acids is 1. The van der Waals surface area contributed by atoms with Gasteiger partial charge in [0.25, 0.3) is 0 Å². The molecule has 0 radical (unpaired) electrons. The van der Waals surface area contributed by atoms with Crippen molar-refractivity contribution in [1.82, 2.24) is 15.5 Å². The molecule has 26 heavy (non-hydrogen) atoms. The van der Waals surface area contributed by atoms with Crippen LogP contribution in [0.5, 0.6) is 11.5 Å². The third-order valence-electron chi connectivity index (χ3n) is 3.88. The van der Waals surface area contributed by atoms with Gasteiger partial charge in [-0.1, -0.05) is 6.07 Å². The Morgan fingerprint density at radius 1 is 1.23 bits per heavy atom. The summed E-state index contributed by atoms with van der Waals surface area (Å²) in [5, 5.41) is 6.32. The normalized spacial score (nSPS) is 13.8. The highest BCUT2D eigenvalue weighted by molar-refractivity contribution is 14.0. The largest absolute Gasteiger partial charge is 0.497 e. The molecule has 2 N–H and O–H groups in total. The van der Waals surface area contributed by atoms with Gasteiger partial charge in [-0.15, -0.1) is 24.0 Å². The number of nitrogens with zero attached hydrogens (tertiary/aromatic N) is 2. The molecule has 1 aliphatic rings. The molecular formula is C18H29IN4O3. The van der Waals surface area contributed by atoms with Gasteiger partial charge in [0.2, 0.25) is 5.91 Å². The van der Waals surface area contributed by atoms with Crippen LogP contribution in [0.4, 0.5) is 0 Å². The first-order valence-electron chi connectivity index (χ1n) is 8.79. The zero-order chi connectivity index (χ0) is 17.9. The van der Waals surface area contributed by atoms with Gasteiger partial charge in [-0.3, -0.25) is 4.79 Å². The minimum Gasteiger partial charge on any atom is -0.497 e. The molecule has 8 heteroatoms. The van der Waals surface area contributed by atoms with E-state index in [0.29, 0.717) is 19.1 Å². The lowest BCUT2D eigenvalue weighted by Gasteiger charge is -2.15.